The Morgan fingerprint density at radius 1 is 1.42 bits per heavy atom. The number of esters is 2. The lowest BCUT2D eigenvalue weighted by Gasteiger charge is -2.02. The quantitative estimate of drug-likeness (QED) is 0.418. The molecule has 1 unspecified atom stereocenters. The van der Waals surface area contributed by atoms with Crippen molar-refractivity contribution in [3.8, 4) is 0 Å². The fraction of sp³-hybridized carbons (Fsp3) is 0.500. The van der Waals surface area contributed by atoms with E-state index in [1.165, 1.54) is 0 Å². The van der Waals surface area contributed by atoms with Crippen LogP contribution in [0.1, 0.15) is 13.3 Å². The van der Waals surface area contributed by atoms with Crippen LogP contribution in [0.15, 0.2) is 0 Å². The van der Waals surface area contributed by atoms with E-state index in [-0.39, 0.29) is 0 Å². The summed E-state index contributed by atoms with van der Waals surface area (Å²) >= 11 is 0. The number of aliphatic hydroxyl groups is 1. The largest absolute Gasteiger partial charge is 0.479 e. The van der Waals surface area contributed by atoms with Gasteiger partial charge in [0.15, 0.2) is 6.10 Å². The summed E-state index contributed by atoms with van der Waals surface area (Å²) in [7, 11) is 0. The van der Waals surface area contributed by atoms with Crippen LogP contribution in [0, 0.1) is 0 Å². The van der Waals surface area contributed by atoms with Crippen molar-refractivity contribution in [1.29, 1.82) is 0 Å². The molecule has 6 nitrogen and oxygen atoms in total. The number of hydrogen-bond acceptors (Lipinski definition) is 5. The highest BCUT2D eigenvalue weighted by molar-refractivity contribution is 5.87. The Labute approximate surface area is 67.8 Å². The topological polar surface area (TPSA) is 101 Å². The van der Waals surface area contributed by atoms with E-state index in [4.69, 9.17) is 10.2 Å². The van der Waals surface area contributed by atoms with E-state index in [0.717, 1.165) is 6.92 Å². The third kappa shape index (κ3) is 4.40. The summed E-state index contributed by atoms with van der Waals surface area (Å²) in [6.45, 7) is 1.01. The van der Waals surface area contributed by atoms with E-state index in [1.807, 2.05) is 0 Å². The SMILES string of the molecule is CC(=O)OC(=O)CC(O)C(=O)O. The van der Waals surface area contributed by atoms with Crippen molar-refractivity contribution in [2.45, 2.75) is 19.4 Å². The lowest BCUT2D eigenvalue weighted by atomic mass is 10.2. The fourth-order valence-corrected chi connectivity index (χ4v) is 0.447. The lowest BCUT2D eigenvalue weighted by Crippen LogP contribution is -2.24. The van der Waals surface area contributed by atoms with Gasteiger partial charge in [-0.25, -0.2) is 4.79 Å². The van der Waals surface area contributed by atoms with Crippen LogP contribution < -0.4 is 0 Å². The van der Waals surface area contributed by atoms with E-state index in [9.17, 15) is 14.4 Å². The summed E-state index contributed by atoms with van der Waals surface area (Å²) in [6.07, 6.45) is -2.55. The molecule has 12 heavy (non-hydrogen) atoms. The van der Waals surface area contributed by atoms with Gasteiger partial charge in [-0.05, 0) is 0 Å². The average molecular weight is 176 g/mol. The summed E-state index contributed by atoms with van der Waals surface area (Å²) in [4.78, 5) is 30.6. The molecular formula is C6H8O6. The van der Waals surface area contributed by atoms with E-state index in [1.54, 1.807) is 0 Å². The molecule has 0 heterocycles. The van der Waals surface area contributed by atoms with Crippen molar-refractivity contribution in [3.05, 3.63) is 0 Å². The van der Waals surface area contributed by atoms with Crippen LogP contribution in [0.2, 0.25) is 0 Å². The molecule has 2 N–H and O–H groups in total. The van der Waals surface area contributed by atoms with Crippen LogP contribution in [-0.2, 0) is 19.1 Å². The molecular weight excluding hydrogens is 168 g/mol. The van der Waals surface area contributed by atoms with Crippen molar-refractivity contribution in [1.82, 2.24) is 0 Å². The standard InChI is InChI=1S/C6H8O6/c1-3(7)12-5(9)2-4(8)6(10)11/h4,8H,2H2,1H3,(H,10,11). The maximum absolute atomic E-state index is 10.5. The van der Waals surface area contributed by atoms with Gasteiger partial charge in [-0.3, -0.25) is 9.59 Å². The summed E-state index contributed by atoms with van der Waals surface area (Å²) in [5.41, 5.74) is 0. The highest BCUT2D eigenvalue weighted by atomic mass is 16.6. The maximum atomic E-state index is 10.5. The first-order valence-corrected chi connectivity index (χ1v) is 3.05. The molecule has 0 fully saturated rings. The van der Waals surface area contributed by atoms with Gasteiger partial charge >= 0.3 is 17.9 Å². The number of carbonyl (C=O) groups is 3. The molecule has 0 aliphatic carbocycles. The van der Waals surface area contributed by atoms with E-state index in [2.05, 4.69) is 4.74 Å². The summed E-state index contributed by atoms with van der Waals surface area (Å²) in [6, 6.07) is 0. The molecule has 6 heteroatoms. The number of aliphatic hydroxyl groups excluding tert-OH is 1. The minimum absolute atomic E-state index is 0.727. The van der Waals surface area contributed by atoms with Crippen molar-refractivity contribution < 1.29 is 29.3 Å². The van der Waals surface area contributed by atoms with Crippen LogP contribution in [-0.4, -0.2) is 34.2 Å². The molecule has 0 aliphatic rings. The zero-order valence-corrected chi connectivity index (χ0v) is 6.31. The van der Waals surface area contributed by atoms with Gasteiger partial charge < -0.3 is 14.9 Å². The maximum Gasteiger partial charge on any atom is 0.333 e. The summed E-state index contributed by atoms with van der Waals surface area (Å²) < 4.78 is 3.97. The number of carbonyl (C=O) groups excluding carboxylic acids is 2. The zero-order chi connectivity index (χ0) is 9.72. The highest BCUT2D eigenvalue weighted by Crippen LogP contribution is 1.94. The number of aliphatic carboxylic acids is 1. The highest BCUT2D eigenvalue weighted by Gasteiger charge is 2.19. The van der Waals surface area contributed by atoms with Gasteiger partial charge in [0.1, 0.15) is 0 Å². The molecule has 0 bridgehead atoms. The Bertz CT molecular complexity index is 208. The number of ether oxygens (including phenoxy) is 1. The first-order valence-electron chi connectivity index (χ1n) is 3.05. The van der Waals surface area contributed by atoms with Crippen LogP contribution in [0.5, 0.6) is 0 Å². The van der Waals surface area contributed by atoms with Gasteiger partial charge in [0.05, 0.1) is 6.42 Å². The molecule has 0 saturated heterocycles. The average Bonchev–Trinajstić information content (AvgIpc) is 1.84. The first kappa shape index (κ1) is 10.6. The van der Waals surface area contributed by atoms with Gasteiger partial charge in [-0.1, -0.05) is 0 Å². The predicted molar refractivity (Wildman–Crippen MR) is 35.0 cm³/mol. The smallest absolute Gasteiger partial charge is 0.333 e. The van der Waals surface area contributed by atoms with Crippen molar-refractivity contribution in [2.75, 3.05) is 0 Å². The van der Waals surface area contributed by atoms with Crippen LogP contribution in [0.4, 0.5) is 0 Å². The molecule has 0 aliphatic heterocycles. The van der Waals surface area contributed by atoms with Crippen molar-refractivity contribution >= 4 is 17.9 Å². The molecule has 0 spiro atoms. The van der Waals surface area contributed by atoms with E-state index >= 15 is 0 Å². The zero-order valence-electron chi connectivity index (χ0n) is 6.31. The minimum atomic E-state index is -1.82. The number of carboxylic acids is 1. The molecule has 0 radical (unpaired) electrons. The van der Waals surface area contributed by atoms with E-state index < -0.39 is 30.4 Å². The summed E-state index contributed by atoms with van der Waals surface area (Å²) in [5, 5.41) is 16.7. The van der Waals surface area contributed by atoms with Gasteiger partial charge in [0.25, 0.3) is 0 Å². The Kier molecular flexibility index (Phi) is 3.92. The molecule has 68 valence electrons. The van der Waals surface area contributed by atoms with Gasteiger partial charge in [-0.15, -0.1) is 0 Å². The second-order valence-electron chi connectivity index (χ2n) is 2.02. The second-order valence-corrected chi connectivity index (χ2v) is 2.02. The Hall–Kier alpha value is -1.43. The predicted octanol–water partition coefficient (Wildman–Crippen LogP) is -1.09. The Morgan fingerprint density at radius 2 is 1.92 bits per heavy atom. The Balaban J connectivity index is 3.85. The van der Waals surface area contributed by atoms with Gasteiger partial charge in [0.2, 0.25) is 0 Å². The van der Waals surface area contributed by atoms with Crippen LogP contribution >= 0.6 is 0 Å². The number of hydrogen-bond donors (Lipinski definition) is 2. The Morgan fingerprint density at radius 3 is 2.25 bits per heavy atom. The van der Waals surface area contributed by atoms with Crippen LogP contribution in [0.3, 0.4) is 0 Å². The van der Waals surface area contributed by atoms with Gasteiger partial charge in [-0.2, -0.15) is 0 Å². The van der Waals surface area contributed by atoms with Crippen LogP contribution in [0.25, 0.3) is 0 Å². The summed E-state index contributed by atoms with van der Waals surface area (Å²) in [5.74, 6) is -3.43. The molecule has 0 rings (SSSR count). The van der Waals surface area contributed by atoms with Crippen molar-refractivity contribution in [2.24, 2.45) is 0 Å². The van der Waals surface area contributed by atoms with Crippen molar-refractivity contribution in [3.63, 3.8) is 0 Å². The monoisotopic (exact) mass is 176 g/mol. The lowest BCUT2D eigenvalue weighted by molar-refractivity contribution is -0.163. The minimum Gasteiger partial charge on any atom is -0.479 e. The normalized spacial score (nSPS) is 11.8. The number of rotatable bonds is 3. The fourth-order valence-electron chi connectivity index (χ4n) is 0.447. The molecule has 0 aromatic carbocycles. The van der Waals surface area contributed by atoms with E-state index in [0.29, 0.717) is 0 Å². The molecule has 0 aromatic heterocycles. The third-order valence-corrected chi connectivity index (χ3v) is 0.903. The molecule has 0 amide bonds. The molecule has 0 saturated carbocycles. The molecule has 0 aromatic rings. The second kappa shape index (κ2) is 4.45. The van der Waals surface area contributed by atoms with Gasteiger partial charge in [0, 0.05) is 6.92 Å². The third-order valence-electron chi connectivity index (χ3n) is 0.903. The molecule has 1 atom stereocenters. The first-order chi connectivity index (χ1) is 5.43. The number of carboxylic acid groups (broad SMARTS) is 1.